The van der Waals surface area contributed by atoms with Gasteiger partial charge in [0.1, 0.15) is 5.82 Å². The Kier molecular flexibility index (Phi) is 4.98. The summed E-state index contributed by atoms with van der Waals surface area (Å²) in [5.41, 5.74) is 1.38. The van der Waals surface area contributed by atoms with Gasteiger partial charge in [-0.3, -0.25) is 4.79 Å². The number of aryl methyl sites for hydroxylation is 1. The predicted octanol–water partition coefficient (Wildman–Crippen LogP) is 3.46. The van der Waals surface area contributed by atoms with Crippen LogP contribution in [0.2, 0.25) is 0 Å². The molecule has 0 unspecified atom stereocenters. The Morgan fingerprint density at radius 2 is 2.00 bits per heavy atom. The number of carboxylic acid groups (broad SMARTS) is 1. The van der Waals surface area contributed by atoms with Crippen molar-refractivity contribution in [2.45, 2.75) is 13.3 Å². The molecule has 96 valence electrons. The summed E-state index contributed by atoms with van der Waals surface area (Å²) in [6, 6.07) is 5.90. The van der Waals surface area contributed by atoms with Gasteiger partial charge in [0.25, 0.3) is 0 Å². The Morgan fingerprint density at radius 1 is 1.39 bits per heavy atom. The van der Waals surface area contributed by atoms with Crippen molar-refractivity contribution >= 4 is 34.3 Å². The fraction of sp³-hybridized carbons (Fsp3) is 0.167. The van der Waals surface area contributed by atoms with Gasteiger partial charge in [0.15, 0.2) is 0 Å². The van der Waals surface area contributed by atoms with Gasteiger partial charge < -0.3 is 5.11 Å². The summed E-state index contributed by atoms with van der Waals surface area (Å²) in [4.78, 5) is 15.7. The maximum Gasteiger partial charge on any atom is 0.308 e. The van der Waals surface area contributed by atoms with E-state index in [1.54, 1.807) is 12.1 Å². The maximum atomic E-state index is 12.8. The van der Waals surface area contributed by atoms with Crippen molar-refractivity contribution in [2.75, 3.05) is 0 Å². The lowest BCUT2D eigenvalue weighted by molar-refractivity contribution is -0.136. The van der Waals surface area contributed by atoms with Gasteiger partial charge in [-0.1, -0.05) is 0 Å². The zero-order chi connectivity index (χ0) is 12.4. The second-order valence-electron chi connectivity index (χ2n) is 3.58. The van der Waals surface area contributed by atoms with E-state index in [1.165, 1.54) is 23.5 Å². The molecular formula is C12H11BrFNO2S. The van der Waals surface area contributed by atoms with E-state index in [0.29, 0.717) is 10.6 Å². The van der Waals surface area contributed by atoms with Crippen LogP contribution in [0.4, 0.5) is 4.39 Å². The normalized spacial score (nSPS) is 9.89. The standard InChI is InChI=1S/C12H10FNO2S.BrH/c1-7-14-12(10(17-7)6-11(15)16)8-2-4-9(13)5-3-8;/h2-5H,6H2,1H3,(H,15,16);1H. The fourth-order valence-corrected chi connectivity index (χ4v) is 2.51. The van der Waals surface area contributed by atoms with Crippen molar-refractivity contribution in [1.82, 2.24) is 4.98 Å². The van der Waals surface area contributed by atoms with Gasteiger partial charge >= 0.3 is 5.97 Å². The summed E-state index contributed by atoms with van der Waals surface area (Å²) in [6.45, 7) is 1.82. The number of hydrogen-bond acceptors (Lipinski definition) is 3. The van der Waals surface area contributed by atoms with E-state index in [4.69, 9.17) is 5.11 Å². The second-order valence-corrected chi connectivity index (χ2v) is 4.87. The highest BCUT2D eigenvalue weighted by atomic mass is 79.9. The molecule has 0 saturated carbocycles. The van der Waals surface area contributed by atoms with Crippen LogP contribution in [0.5, 0.6) is 0 Å². The number of nitrogens with zero attached hydrogens (tertiary/aromatic N) is 1. The second kappa shape index (κ2) is 6.06. The topological polar surface area (TPSA) is 50.2 Å². The molecule has 0 aliphatic rings. The molecule has 1 aromatic carbocycles. The van der Waals surface area contributed by atoms with Crippen LogP contribution in [0.1, 0.15) is 9.88 Å². The molecule has 0 spiro atoms. The number of rotatable bonds is 3. The highest BCUT2D eigenvalue weighted by Gasteiger charge is 2.13. The minimum atomic E-state index is -0.892. The average molecular weight is 332 g/mol. The molecule has 0 radical (unpaired) electrons. The Balaban J connectivity index is 0.00000162. The Bertz CT molecular complexity index is 554. The first-order valence-electron chi connectivity index (χ1n) is 5.00. The number of aliphatic carboxylic acids is 1. The molecular weight excluding hydrogens is 321 g/mol. The molecule has 2 aromatic rings. The van der Waals surface area contributed by atoms with Crippen LogP contribution in [0, 0.1) is 12.7 Å². The van der Waals surface area contributed by atoms with Gasteiger partial charge in [-0.2, -0.15) is 0 Å². The van der Waals surface area contributed by atoms with Crippen LogP contribution in [-0.2, 0) is 11.2 Å². The number of carboxylic acids is 1. The lowest BCUT2D eigenvalue weighted by atomic mass is 10.1. The number of aromatic nitrogens is 1. The van der Waals surface area contributed by atoms with E-state index in [9.17, 15) is 9.18 Å². The molecule has 6 heteroatoms. The first kappa shape index (κ1) is 14.8. The maximum absolute atomic E-state index is 12.8. The first-order valence-corrected chi connectivity index (χ1v) is 5.82. The molecule has 1 N–H and O–H groups in total. The van der Waals surface area contributed by atoms with Gasteiger partial charge in [0.2, 0.25) is 0 Å². The molecule has 0 bridgehead atoms. The predicted molar refractivity (Wildman–Crippen MR) is 73.9 cm³/mol. The smallest absolute Gasteiger partial charge is 0.308 e. The van der Waals surface area contributed by atoms with Crippen LogP contribution in [0.3, 0.4) is 0 Å². The minimum Gasteiger partial charge on any atom is -0.481 e. The summed E-state index contributed by atoms with van der Waals surface area (Å²) in [5.74, 6) is -1.21. The molecule has 3 nitrogen and oxygen atoms in total. The quantitative estimate of drug-likeness (QED) is 0.936. The summed E-state index contributed by atoms with van der Waals surface area (Å²) < 4.78 is 12.8. The van der Waals surface area contributed by atoms with Crippen LogP contribution in [-0.4, -0.2) is 16.1 Å². The van der Waals surface area contributed by atoms with E-state index >= 15 is 0 Å². The van der Waals surface area contributed by atoms with Crippen molar-refractivity contribution in [1.29, 1.82) is 0 Å². The molecule has 2 rings (SSSR count). The summed E-state index contributed by atoms with van der Waals surface area (Å²) in [5, 5.41) is 9.62. The lowest BCUT2D eigenvalue weighted by Crippen LogP contribution is -1.99. The van der Waals surface area contributed by atoms with Crippen molar-refractivity contribution in [2.24, 2.45) is 0 Å². The van der Waals surface area contributed by atoms with Crippen molar-refractivity contribution < 1.29 is 14.3 Å². The third-order valence-corrected chi connectivity index (χ3v) is 3.20. The average Bonchev–Trinajstić information content (AvgIpc) is 2.59. The minimum absolute atomic E-state index is 0. The van der Waals surface area contributed by atoms with Gasteiger partial charge in [0.05, 0.1) is 17.1 Å². The lowest BCUT2D eigenvalue weighted by Gasteiger charge is -2.00. The van der Waals surface area contributed by atoms with Crippen LogP contribution in [0.15, 0.2) is 24.3 Å². The van der Waals surface area contributed by atoms with E-state index in [0.717, 1.165) is 10.6 Å². The molecule has 0 aliphatic carbocycles. The monoisotopic (exact) mass is 331 g/mol. The van der Waals surface area contributed by atoms with Gasteiger partial charge in [-0.05, 0) is 31.2 Å². The zero-order valence-electron chi connectivity index (χ0n) is 9.51. The SMILES string of the molecule is Br.Cc1nc(-c2ccc(F)cc2)c(CC(=O)O)s1. The van der Waals surface area contributed by atoms with Gasteiger partial charge in [-0.25, -0.2) is 9.37 Å². The summed E-state index contributed by atoms with van der Waals surface area (Å²) in [7, 11) is 0. The third-order valence-electron chi connectivity index (χ3n) is 2.23. The largest absolute Gasteiger partial charge is 0.481 e. The Hall–Kier alpha value is -1.27. The number of halogens is 2. The number of hydrogen-bond donors (Lipinski definition) is 1. The molecule has 0 amide bonds. The number of benzene rings is 1. The van der Waals surface area contributed by atoms with Gasteiger partial charge in [0, 0.05) is 10.4 Å². The highest BCUT2D eigenvalue weighted by Crippen LogP contribution is 2.28. The van der Waals surface area contributed by atoms with Crippen LogP contribution < -0.4 is 0 Å². The molecule has 0 fully saturated rings. The van der Waals surface area contributed by atoms with E-state index in [2.05, 4.69) is 4.98 Å². The molecule has 0 atom stereocenters. The van der Waals surface area contributed by atoms with E-state index in [-0.39, 0.29) is 29.2 Å². The molecule has 18 heavy (non-hydrogen) atoms. The number of thiazole rings is 1. The molecule has 0 saturated heterocycles. The van der Waals surface area contributed by atoms with Crippen molar-refractivity contribution in [3.8, 4) is 11.3 Å². The zero-order valence-corrected chi connectivity index (χ0v) is 12.0. The van der Waals surface area contributed by atoms with Gasteiger partial charge in [-0.15, -0.1) is 28.3 Å². The summed E-state index contributed by atoms with van der Waals surface area (Å²) >= 11 is 1.36. The summed E-state index contributed by atoms with van der Waals surface area (Å²) in [6.07, 6.45) is -0.0573. The Labute approximate surface area is 118 Å². The van der Waals surface area contributed by atoms with Crippen LogP contribution >= 0.6 is 28.3 Å². The van der Waals surface area contributed by atoms with E-state index < -0.39 is 5.97 Å². The first-order chi connectivity index (χ1) is 8.06. The Morgan fingerprint density at radius 3 is 2.56 bits per heavy atom. The molecule has 1 aromatic heterocycles. The molecule has 1 heterocycles. The fourth-order valence-electron chi connectivity index (χ4n) is 1.56. The van der Waals surface area contributed by atoms with Crippen molar-refractivity contribution in [3.63, 3.8) is 0 Å². The van der Waals surface area contributed by atoms with Crippen LogP contribution in [0.25, 0.3) is 11.3 Å². The van der Waals surface area contributed by atoms with E-state index in [1.807, 2.05) is 6.92 Å². The molecule has 0 aliphatic heterocycles. The third kappa shape index (κ3) is 3.36. The highest BCUT2D eigenvalue weighted by molar-refractivity contribution is 8.93. The number of carbonyl (C=O) groups is 1. The van der Waals surface area contributed by atoms with Crippen molar-refractivity contribution in [3.05, 3.63) is 40.0 Å².